The van der Waals surface area contributed by atoms with Crippen LogP contribution in [0.1, 0.15) is 10.4 Å². The third kappa shape index (κ3) is 2.74. The van der Waals surface area contributed by atoms with E-state index in [1.807, 2.05) is 0 Å². The summed E-state index contributed by atoms with van der Waals surface area (Å²) in [6.45, 7) is 0. The molecule has 0 aliphatic carbocycles. The van der Waals surface area contributed by atoms with Crippen molar-refractivity contribution in [3.63, 3.8) is 0 Å². The lowest BCUT2D eigenvalue weighted by molar-refractivity contribution is 0.0998. The molecule has 0 radical (unpaired) electrons. The highest BCUT2D eigenvalue weighted by Crippen LogP contribution is 2.34. The molecule has 0 aliphatic heterocycles. The molecule has 98 valence electrons. The Morgan fingerprint density at radius 1 is 1.32 bits per heavy atom. The maximum absolute atomic E-state index is 11.3. The second-order valence-electron chi connectivity index (χ2n) is 3.47. The zero-order chi connectivity index (χ0) is 13.8. The van der Waals surface area contributed by atoms with E-state index in [1.165, 1.54) is 13.4 Å². The molecular formula is C12H10ClN3O3. The minimum Gasteiger partial charge on any atom is -0.489 e. The number of hydrogen-bond donors (Lipinski definition) is 1. The summed E-state index contributed by atoms with van der Waals surface area (Å²) >= 11 is 5.85. The van der Waals surface area contributed by atoms with Crippen molar-refractivity contribution in [2.75, 3.05) is 7.11 Å². The molecule has 0 spiro atoms. The van der Waals surface area contributed by atoms with Crippen LogP contribution in [0.25, 0.3) is 0 Å². The van der Waals surface area contributed by atoms with Crippen LogP contribution in [0.5, 0.6) is 17.4 Å². The highest BCUT2D eigenvalue weighted by Gasteiger charge is 2.15. The first-order valence-electron chi connectivity index (χ1n) is 5.24. The predicted molar refractivity (Wildman–Crippen MR) is 68.6 cm³/mol. The van der Waals surface area contributed by atoms with Gasteiger partial charge in [0.05, 0.1) is 12.7 Å². The van der Waals surface area contributed by atoms with Crippen LogP contribution < -0.4 is 15.2 Å². The number of amides is 1. The Hall–Kier alpha value is -2.34. The Morgan fingerprint density at radius 3 is 2.74 bits per heavy atom. The Balaban J connectivity index is 2.42. The molecule has 1 aromatic carbocycles. The molecule has 0 saturated heterocycles. The molecule has 0 atom stereocenters. The van der Waals surface area contributed by atoms with Gasteiger partial charge < -0.3 is 15.2 Å². The fourth-order valence-corrected chi connectivity index (χ4v) is 1.65. The summed E-state index contributed by atoms with van der Waals surface area (Å²) in [6.07, 6.45) is 1.23. The van der Waals surface area contributed by atoms with E-state index in [4.69, 9.17) is 26.8 Å². The molecule has 2 rings (SSSR count). The normalized spacial score (nSPS) is 10.0. The largest absolute Gasteiger partial charge is 0.489 e. The number of rotatable bonds is 4. The number of hydrogen-bond acceptors (Lipinski definition) is 5. The monoisotopic (exact) mass is 279 g/mol. The van der Waals surface area contributed by atoms with Crippen LogP contribution in [-0.4, -0.2) is 23.0 Å². The second kappa shape index (κ2) is 5.53. The standard InChI is InChI=1S/C12H10ClN3O3/c1-18-9-10(13)15-6-16-12(9)19-8-5-3-2-4-7(8)11(14)17/h2-6H,1H3,(H2,14,17). The minimum absolute atomic E-state index is 0.108. The smallest absolute Gasteiger partial charge is 0.267 e. The molecule has 0 unspecified atom stereocenters. The molecule has 1 amide bonds. The van der Waals surface area contributed by atoms with Crippen molar-refractivity contribution in [1.29, 1.82) is 0 Å². The number of nitrogens with zero attached hydrogens (tertiary/aromatic N) is 2. The molecule has 1 aromatic heterocycles. The summed E-state index contributed by atoms with van der Waals surface area (Å²) < 4.78 is 10.6. The van der Waals surface area contributed by atoms with Crippen LogP contribution >= 0.6 is 11.6 Å². The van der Waals surface area contributed by atoms with Gasteiger partial charge in [0.1, 0.15) is 12.1 Å². The SMILES string of the molecule is COc1c(Cl)ncnc1Oc1ccccc1C(N)=O. The van der Waals surface area contributed by atoms with Gasteiger partial charge in [-0.3, -0.25) is 4.79 Å². The van der Waals surface area contributed by atoms with Crippen LogP contribution in [0.15, 0.2) is 30.6 Å². The predicted octanol–water partition coefficient (Wildman–Crippen LogP) is 2.03. The lowest BCUT2D eigenvalue weighted by atomic mass is 10.2. The maximum Gasteiger partial charge on any atom is 0.267 e. The molecule has 1 heterocycles. The van der Waals surface area contributed by atoms with Crippen LogP contribution in [0.3, 0.4) is 0 Å². The van der Waals surface area contributed by atoms with Crippen molar-refractivity contribution in [3.8, 4) is 17.4 Å². The molecule has 0 aliphatic rings. The van der Waals surface area contributed by atoms with Crippen molar-refractivity contribution in [1.82, 2.24) is 9.97 Å². The molecule has 0 bridgehead atoms. The van der Waals surface area contributed by atoms with Crippen LogP contribution in [-0.2, 0) is 0 Å². The summed E-state index contributed by atoms with van der Waals surface area (Å²) in [5, 5.41) is 0.115. The van der Waals surface area contributed by atoms with E-state index in [0.717, 1.165) is 0 Å². The quantitative estimate of drug-likeness (QED) is 0.865. The average molecular weight is 280 g/mol. The molecule has 7 heteroatoms. The lowest BCUT2D eigenvalue weighted by Crippen LogP contribution is -2.12. The third-order valence-electron chi connectivity index (χ3n) is 2.29. The van der Waals surface area contributed by atoms with Crippen LogP contribution in [0.2, 0.25) is 5.15 Å². The zero-order valence-electron chi connectivity index (χ0n) is 9.96. The first kappa shape index (κ1) is 13.1. The highest BCUT2D eigenvalue weighted by molar-refractivity contribution is 6.31. The molecule has 19 heavy (non-hydrogen) atoms. The lowest BCUT2D eigenvalue weighted by Gasteiger charge is -2.11. The van der Waals surface area contributed by atoms with Crippen LogP contribution in [0, 0.1) is 0 Å². The number of carbonyl (C=O) groups excluding carboxylic acids is 1. The Morgan fingerprint density at radius 2 is 2.05 bits per heavy atom. The number of benzene rings is 1. The Bertz CT molecular complexity index is 619. The van der Waals surface area contributed by atoms with Gasteiger partial charge in [0.2, 0.25) is 5.75 Å². The van der Waals surface area contributed by atoms with Gasteiger partial charge in [0.25, 0.3) is 11.8 Å². The fraction of sp³-hybridized carbons (Fsp3) is 0.0833. The van der Waals surface area contributed by atoms with Gasteiger partial charge in [0, 0.05) is 0 Å². The summed E-state index contributed by atoms with van der Waals surface area (Å²) in [7, 11) is 1.41. The van der Waals surface area contributed by atoms with Gasteiger partial charge in [-0.25, -0.2) is 4.98 Å². The van der Waals surface area contributed by atoms with E-state index in [1.54, 1.807) is 24.3 Å². The van der Waals surface area contributed by atoms with E-state index in [2.05, 4.69) is 9.97 Å². The second-order valence-corrected chi connectivity index (χ2v) is 3.82. The van der Waals surface area contributed by atoms with Gasteiger partial charge >= 0.3 is 0 Å². The topological polar surface area (TPSA) is 87.3 Å². The summed E-state index contributed by atoms with van der Waals surface area (Å²) in [4.78, 5) is 19.0. The molecule has 6 nitrogen and oxygen atoms in total. The number of methoxy groups -OCH3 is 1. The number of aromatic nitrogens is 2. The van der Waals surface area contributed by atoms with Crippen LogP contribution in [0.4, 0.5) is 0 Å². The summed E-state index contributed by atoms with van der Waals surface area (Å²) in [6, 6.07) is 6.52. The number of halogens is 1. The maximum atomic E-state index is 11.3. The van der Waals surface area contributed by atoms with Crippen molar-refractivity contribution in [2.24, 2.45) is 5.73 Å². The number of nitrogens with two attached hydrogens (primary N) is 1. The number of carbonyl (C=O) groups is 1. The van der Waals surface area contributed by atoms with Crippen molar-refractivity contribution < 1.29 is 14.3 Å². The molecule has 2 N–H and O–H groups in total. The van der Waals surface area contributed by atoms with Crippen molar-refractivity contribution in [2.45, 2.75) is 0 Å². The van der Waals surface area contributed by atoms with Crippen molar-refractivity contribution in [3.05, 3.63) is 41.3 Å². The van der Waals surface area contributed by atoms with Gasteiger partial charge in [-0.1, -0.05) is 23.7 Å². The molecule has 2 aromatic rings. The minimum atomic E-state index is -0.602. The molecule has 0 fully saturated rings. The van der Waals surface area contributed by atoms with E-state index in [0.29, 0.717) is 0 Å². The number of para-hydroxylation sites is 1. The van der Waals surface area contributed by atoms with Gasteiger partial charge in [-0.2, -0.15) is 4.98 Å². The Labute approximate surface area is 114 Å². The van der Waals surface area contributed by atoms with E-state index >= 15 is 0 Å². The molecular weight excluding hydrogens is 270 g/mol. The first-order chi connectivity index (χ1) is 9.13. The van der Waals surface area contributed by atoms with E-state index < -0.39 is 5.91 Å². The fourth-order valence-electron chi connectivity index (χ4n) is 1.45. The molecule has 0 saturated carbocycles. The Kier molecular flexibility index (Phi) is 3.82. The number of primary amides is 1. The highest BCUT2D eigenvalue weighted by atomic mass is 35.5. The average Bonchev–Trinajstić information content (AvgIpc) is 2.39. The van der Waals surface area contributed by atoms with Gasteiger partial charge in [-0.05, 0) is 12.1 Å². The summed E-state index contributed by atoms with van der Waals surface area (Å²) in [5.74, 6) is -0.0440. The van der Waals surface area contributed by atoms with Gasteiger partial charge in [-0.15, -0.1) is 0 Å². The first-order valence-corrected chi connectivity index (χ1v) is 5.62. The zero-order valence-corrected chi connectivity index (χ0v) is 10.7. The van der Waals surface area contributed by atoms with E-state index in [9.17, 15) is 4.79 Å². The van der Waals surface area contributed by atoms with Gasteiger partial charge in [0.15, 0.2) is 5.15 Å². The van der Waals surface area contributed by atoms with E-state index in [-0.39, 0.29) is 28.1 Å². The number of ether oxygens (including phenoxy) is 2. The third-order valence-corrected chi connectivity index (χ3v) is 2.56. The van der Waals surface area contributed by atoms with Crippen molar-refractivity contribution >= 4 is 17.5 Å². The summed E-state index contributed by atoms with van der Waals surface area (Å²) in [5.41, 5.74) is 5.50.